The molecule has 1 saturated heterocycles. The van der Waals surface area contributed by atoms with Gasteiger partial charge in [-0.1, -0.05) is 12.1 Å². The average Bonchev–Trinajstić information content (AvgIpc) is 3.22. The summed E-state index contributed by atoms with van der Waals surface area (Å²) in [4.78, 5) is 22.3. The van der Waals surface area contributed by atoms with Crippen LogP contribution in [-0.4, -0.2) is 51.2 Å². The first-order chi connectivity index (χ1) is 16.3. The Labute approximate surface area is 191 Å². The number of anilines is 3. The van der Waals surface area contributed by atoms with E-state index >= 15 is 0 Å². The fraction of sp³-hybridized carbons (Fsp3) is 0.273. The highest BCUT2D eigenvalue weighted by Gasteiger charge is 2.30. The van der Waals surface area contributed by atoms with E-state index in [0.29, 0.717) is 60.5 Å². The quantitative estimate of drug-likeness (QED) is 0.423. The molecule has 1 aliphatic heterocycles. The minimum Gasteiger partial charge on any atom is -0.378 e. The Bertz CT molecular complexity index is 1330. The molecule has 12 heteroatoms. The summed E-state index contributed by atoms with van der Waals surface area (Å²) in [6, 6.07) is 7.33. The van der Waals surface area contributed by atoms with Gasteiger partial charge in [0.05, 0.1) is 35.5 Å². The van der Waals surface area contributed by atoms with Gasteiger partial charge in [-0.2, -0.15) is 28.1 Å². The zero-order valence-electron chi connectivity index (χ0n) is 17.9. The highest BCUT2D eigenvalue weighted by molar-refractivity contribution is 5.83. The Morgan fingerprint density at radius 3 is 2.44 bits per heavy atom. The highest BCUT2D eigenvalue weighted by Crippen LogP contribution is 2.31. The molecule has 0 unspecified atom stereocenters. The van der Waals surface area contributed by atoms with Gasteiger partial charge in [0.2, 0.25) is 11.9 Å². The third-order valence-corrected chi connectivity index (χ3v) is 5.33. The van der Waals surface area contributed by atoms with Gasteiger partial charge in [0.1, 0.15) is 17.5 Å². The lowest BCUT2D eigenvalue weighted by atomic mass is 10.1. The van der Waals surface area contributed by atoms with E-state index in [2.05, 4.69) is 30.2 Å². The molecule has 176 valence electrons. The number of ether oxygens (including phenoxy) is 1. The number of H-pyrrole nitrogens is 1. The molecule has 1 fully saturated rings. The lowest BCUT2D eigenvalue weighted by Crippen LogP contribution is -2.37. The van der Waals surface area contributed by atoms with Crippen LogP contribution < -0.4 is 10.2 Å². The standard InChI is InChI=1S/C22H19F4N7O/c1-12-27-20(32-21(28-12)33-6-8-34-9-7-33)31-16-11-18-17(10-15(16)23)29-19(30-18)13-2-4-14(5-3-13)22(24,25)26/h2-5,10-11H,6-9H2,1H3,(H,29,30)(H,27,28,31,32). The number of alkyl halides is 3. The van der Waals surface area contributed by atoms with E-state index in [-0.39, 0.29) is 11.6 Å². The van der Waals surface area contributed by atoms with E-state index in [0.717, 1.165) is 12.1 Å². The minimum absolute atomic E-state index is 0.119. The van der Waals surface area contributed by atoms with Crippen LogP contribution in [0, 0.1) is 12.7 Å². The number of hydrogen-bond donors (Lipinski definition) is 2. The zero-order chi connectivity index (χ0) is 23.9. The van der Waals surface area contributed by atoms with Crippen LogP contribution in [0.2, 0.25) is 0 Å². The smallest absolute Gasteiger partial charge is 0.378 e. The molecular formula is C22H19F4N7O. The fourth-order valence-electron chi connectivity index (χ4n) is 3.63. The van der Waals surface area contributed by atoms with E-state index in [1.165, 1.54) is 24.3 Å². The number of benzene rings is 2. The maximum absolute atomic E-state index is 14.8. The summed E-state index contributed by atoms with van der Waals surface area (Å²) in [6.07, 6.45) is -4.43. The summed E-state index contributed by atoms with van der Waals surface area (Å²) in [5, 5.41) is 2.89. The van der Waals surface area contributed by atoms with Gasteiger partial charge in [-0.05, 0) is 25.1 Å². The van der Waals surface area contributed by atoms with Crippen molar-refractivity contribution in [2.75, 3.05) is 36.5 Å². The molecule has 0 amide bonds. The zero-order valence-corrected chi connectivity index (χ0v) is 17.9. The molecule has 2 N–H and O–H groups in total. The summed E-state index contributed by atoms with van der Waals surface area (Å²) < 4.78 is 58.6. The summed E-state index contributed by atoms with van der Waals surface area (Å²) in [6.45, 7) is 4.15. The molecule has 8 nitrogen and oxygen atoms in total. The molecule has 0 aliphatic carbocycles. The molecule has 0 bridgehead atoms. The van der Waals surface area contributed by atoms with Gasteiger partial charge in [-0.3, -0.25) is 0 Å². The van der Waals surface area contributed by atoms with Crippen molar-refractivity contribution in [3.05, 3.63) is 53.6 Å². The second-order valence-electron chi connectivity index (χ2n) is 7.74. The number of fused-ring (bicyclic) bond motifs is 1. The van der Waals surface area contributed by atoms with Crippen LogP contribution in [0.5, 0.6) is 0 Å². The number of aryl methyl sites for hydroxylation is 1. The molecule has 0 spiro atoms. The van der Waals surface area contributed by atoms with E-state index in [4.69, 9.17) is 4.74 Å². The average molecular weight is 473 g/mol. The third-order valence-electron chi connectivity index (χ3n) is 5.33. The summed E-state index contributed by atoms with van der Waals surface area (Å²) in [5.74, 6) is 0.891. The first-order valence-corrected chi connectivity index (χ1v) is 10.5. The number of nitrogens with one attached hydrogen (secondary N) is 2. The van der Waals surface area contributed by atoms with E-state index in [9.17, 15) is 17.6 Å². The molecule has 2 aromatic carbocycles. The van der Waals surface area contributed by atoms with Crippen LogP contribution in [0.4, 0.5) is 35.1 Å². The second kappa shape index (κ2) is 8.52. The molecule has 0 radical (unpaired) electrons. The van der Waals surface area contributed by atoms with Crippen LogP contribution >= 0.6 is 0 Å². The number of morpholine rings is 1. The molecule has 0 atom stereocenters. The van der Waals surface area contributed by atoms with Gasteiger partial charge in [0, 0.05) is 24.7 Å². The first kappa shape index (κ1) is 22.0. The highest BCUT2D eigenvalue weighted by atomic mass is 19.4. The molecule has 3 heterocycles. The Morgan fingerprint density at radius 2 is 1.74 bits per heavy atom. The minimum atomic E-state index is -4.43. The molecule has 1 aliphatic rings. The van der Waals surface area contributed by atoms with Crippen molar-refractivity contribution in [3.8, 4) is 11.4 Å². The van der Waals surface area contributed by atoms with E-state index in [1.807, 2.05) is 4.90 Å². The predicted molar refractivity (Wildman–Crippen MR) is 117 cm³/mol. The lowest BCUT2D eigenvalue weighted by molar-refractivity contribution is -0.137. The molecular weight excluding hydrogens is 454 g/mol. The maximum Gasteiger partial charge on any atom is 0.416 e. The Balaban J connectivity index is 1.43. The number of halogens is 4. The predicted octanol–water partition coefficient (Wildman–Crippen LogP) is 4.46. The van der Waals surface area contributed by atoms with Crippen LogP contribution in [0.3, 0.4) is 0 Å². The van der Waals surface area contributed by atoms with Crippen molar-refractivity contribution < 1.29 is 22.3 Å². The third kappa shape index (κ3) is 4.49. The van der Waals surface area contributed by atoms with Crippen molar-refractivity contribution in [2.24, 2.45) is 0 Å². The molecule has 34 heavy (non-hydrogen) atoms. The number of aromatic nitrogens is 5. The van der Waals surface area contributed by atoms with Crippen molar-refractivity contribution in [1.82, 2.24) is 24.9 Å². The van der Waals surface area contributed by atoms with Crippen molar-refractivity contribution in [3.63, 3.8) is 0 Å². The monoisotopic (exact) mass is 473 g/mol. The maximum atomic E-state index is 14.8. The summed E-state index contributed by atoms with van der Waals surface area (Å²) in [5.41, 5.74) is 0.641. The van der Waals surface area contributed by atoms with E-state index in [1.54, 1.807) is 6.92 Å². The number of hydrogen-bond acceptors (Lipinski definition) is 7. The fourth-order valence-corrected chi connectivity index (χ4v) is 3.63. The number of aromatic amines is 1. The van der Waals surface area contributed by atoms with Gasteiger partial charge >= 0.3 is 6.18 Å². The Morgan fingerprint density at radius 1 is 1.00 bits per heavy atom. The number of nitrogens with zero attached hydrogens (tertiary/aromatic N) is 5. The molecule has 0 saturated carbocycles. The normalized spacial score (nSPS) is 14.6. The van der Waals surface area contributed by atoms with Gasteiger partial charge in [-0.25, -0.2) is 9.37 Å². The number of imidazole rings is 1. The SMILES string of the molecule is Cc1nc(Nc2cc3[nH]c(-c4ccc(C(F)(F)F)cc4)nc3cc2F)nc(N2CCOCC2)n1. The number of rotatable bonds is 4. The summed E-state index contributed by atoms with van der Waals surface area (Å²) >= 11 is 0. The first-order valence-electron chi connectivity index (χ1n) is 10.5. The second-order valence-corrected chi connectivity index (χ2v) is 7.74. The van der Waals surface area contributed by atoms with Gasteiger partial charge in [-0.15, -0.1) is 0 Å². The molecule has 2 aromatic heterocycles. The lowest BCUT2D eigenvalue weighted by Gasteiger charge is -2.27. The van der Waals surface area contributed by atoms with Crippen molar-refractivity contribution >= 4 is 28.6 Å². The summed E-state index contributed by atoms with van der Waals surface area (Å²) in [7, 11) is 0. The van der Waals surface area contributed by atoms with Crippen molar-refractivity contribution in [1.29, 1.82) is 0 Å². The van der Waals surface area contributed by atoms with Crippen LogP contribution in [0.15, 0.2) is 36.4 Å². The van der Waals surface area contributed by atoms with Crippen molar-refractivity contribution in [2.45, 2.75) is 13.1 Å². The molecule has 4 aromatic rings. The van der Waals surface area contributed by atoms with Gasteiger partial charge < -0.3 is 19.9 Å². The van der Waals surface area contributed by atoms with E-state index < -0.39 is 17.6 Å². The van der Waals surface area contributed by atoms with Crippen LogP contribution in [0.1, 0.15) is 11.4 Å². The van der Waals surface area contributed by atoms with Crippen LogP contribution in [-0.2, 0) is 10.9 Å². The molecule has 5 rings (SSSR count). The Hall–Kier alpha value is -3.80. The Kier molecular flexibility index (Phi) is 5.52. The van der Waals surface area contributed by atoms with Gasteiger partial charge in [0.25, 0.3) is 0 Å². The topological polar surface area (TPSA) is 91.9 Å². The van der Waals surface area contributed by atoms with Gasteiger partial charge in [0.15, 0.2) is 0 Å². The largest absolute Gasteiger partial charge is 0.416 e. The van der Waals surface area contributed by atoms with Crippen LogP contribution in [0.25, 0.3) is 22.4 Å².